The largest absolute Gasteiger partial charge is 0.497 e. The molecule has 0 spiro atoms. The highest BCUT2D eigenvalue weighted by molar-refractivity contribution is 6.13. The summed E-state index contributed by atoms with van der Waals surface area (Å²) in [6, 6.07) is 22.0. The summed E-state index contributed by atoms with van der Waals surface area (Å²) in [5, 5.41) is 11.8. The molecule has 0 saturated carbocycles. The number of para-hydroxylation sites is 2. The molecule has 1 heterocycles. The molecule has 0 N–H and O–H groups in total. The summed E-state index contributed by atoms with van der Waals surface area (Å²) in [5.41, 5.74) is 1.60. The third-order valence-corrected chi connectivity index (χ3v) is 6.21. The number of hydrogen-bond donors (Lipinski definition) is 0. The van der Waals surface area contributed by atoms with Crippen molar-refractivity contribution in [3.8, 4) is 11.5 Å². The molecule has 0 unspecified atom stereocenters. The minimum Gasteiger partial charge on any atom is -0.497 e. The van der Waals surface area contributed by atoms with E-state index in [1.54, 1.807) is 37.1 Å². The van der Waals surface area contributed by atoms with E-state index in [-0.39, 0.29) is 10.8 Å². The van der Waals surface area contributed by atoms with E-state index < -0.39 is 17.9 Å². The quantitative estimate of drug-likeness (QED) is 0.399. The maximum atomic E-state index is 14.0. The predicted molar refractivity (Wildman–Crippen MR) is 122 cm³/mol. The zero-order valence-electron chi connectivity index (χ0n) is 18.1. The van der Waals surface area contributed by atoms with Gasteiger partial charge >= 0.3 is 0 Å². The second kappa shape index (κ2) is 8.34. The van der Waals surface area contributed by atoms with Crippen LogP contribution in [0.25, 0.3) is 0 Å². The second-order valence-corrected chi connectivity index (χ2v) is 7.87. The summed E-state index contributed by atoms with van der Waals surface area (Å²) in [7, 11) is 3.04. The fraction of sp³-hybridized carbons (Fsp3) is 0.240. The molecule has 164 valence electrons. The van der Waals surface area contributed by atoms with Crippen molar-refractivity contribution in [3.63, 3.8) is 0 Å². The van der Waals surface area contributed by atoms with Crippen molar-refractivity contribution in [1.29, 1.82) is 0 Å². The van der Waals surface area contributed by atoms with E-state index >= 15 is 0 Å². The topological polar surface area (TPSA) is 81.9 Å². The van der Waals surface area contributed by atoms with Crippen LogP contribution in [-0.4, -0.2) is 31.6 Å². The van der Waals surface area contributed by atoms with Gasteiger partial charge in [0.05, 0.1) is 31.2 Å². The van der Waals surface area contributed by atoms with Crippen LogP contribution in [0.15, 0.2) is 72.8 Å². The van der Waals surface area contributed by atoms with Crippen LogP contribution in [0.5, 0.6) is 11.5 Å². The van der Waals surface area contributed by atoms with Gasteiger partial charge in [-0.2, -0.15) is 0 Å². The van der Waals surface area contributed by atoms with Crippen LogP contribution in [-0.2, 0) is 10.2 Å². The number of amides is 1. The Labute approximate surface area is 186 Å². The summed E-state index contributed by atoms with van der Waals surface area (Å²) in [4.78, 5) is 27.1. The average Bonchev–Trinajstić information content (AvgIpc) is 3.05. The molecule has 1 amide bonds. The summed E-state index contributed by atoms with van der Waals surface area (Å²) >= 11 is 0. The number of nitro groups is 1. The van der Waals surface area contributed by atoms with Gasteiger partial charge in [-0.15, -0.1) is 0 Å². The first-order valence-electron chi connectivity index (χ1n) is 10.2. The number of anilines is 2. The Morgan fingerprint density at radius 1 is 1.00 bits per heavy atom. The highest BCUT2D eigenvalue weighted by Crippen LogP contribution is 2.53. The molecule has 0 aromatic heterocycles. The first-order chi connectivity index (χ1) is 15.4. The lowest BCUT2D eigenvalue weighted by molar-refractivity contribution is -0.484. The lowest BCUT2D eigenvalue weighted by Gasteiger charge is -2.32. The number of benzene rings is 3. The Hall–Kier alpha value is -3.87. The van der Waals surface area contributed by atoms with E-state index in [0.29, 0.717) is 17.1 Å². The van der Waals surface area contributed by atoms with E-state index in [4.69, 9.17) is 9.47 Å². The van der Waals surface area contributed by atoms with E-state index in [9.17, 15) is 14.9 Å². The molecule has 1 aliphatic rings. The van der Waals surface area contributed by atoms with Crippen LogP contribution >= 0.6 is 0 Å². The number of rotatable bonds is 7. The first-order valence-corrected chi connectivity index (χ1v) is 10.2. The van der Waals surface area contributed by atoms with Crippen LogP contribution in [0.1, 0.15) is 24.0 Å². The lowest BCUT2D eigenvalue weighted by atomic mass is 9.69. The molecule has 32 heavy (non-hydrogen) atoms. The number of fused-ring (bicyclic) bond motifs is 1. The molecule has 2 atom stereocenters. The standard InChI is InChI=1S/C25H24N2O5/c1-25(21(16-26(29)30)19-14-13-18(31-2)15-23(19)32-3)20-11-7-8-12-22(20)27(24(25)28)17-9-5-4-6-10-17/h4-15,21H,16H2,1-3H3/t21-,25-/m1/s1. The van der Waals surface area contributed by atoms with Gasteiger partial charge in [0.2, 0.25) is 12.5 Å². The van der Waals surface area contributed by atoms with Crippen LogP contribution in [0.3, 0.4) is 0 Å². The molecule has 4 rings (SSSR count). The molecule has 3 aromatic carbocycles. The van der Waals surface area contributed by atoms with E-state index in [1.807, 2.05) is 54.6 Å². The summed E-state index contributed by atoms with van der Waals surface area (Å²) in [6.45, 7) is 1.36. The number of nitrogens with zero attached hydrogens (tertiary/aromatic N) is 2. The molecular formula is C25H24N2O5. The number of ether oxygens (including phenoxy) is 2. The van der Waals surface area contributed by atoms with E-state index in [0.717, 1.165) is 16.9 Å². The number of methoxy groups -OCH3 is 2. The Kier molecular flexibility index (Phi) is 5.57. The Balaban J connectivity index is 1.93. The zero-order chi connectivity index (χ0) is 22.9. The van der Waals surface area contributed by atoms with Crippen LogP contribution in [0.2, 0.25) is 0 Å². The normalized spacial score (nSPS) is 18.2. The molecular weight excluding hydrogens is 408 g/mol. The third-order valence-electron chi connectivity index (χ3n) is 6.21. The smallest absolute Gasteiger partial charge is 0.242 e. The van der Waals surface area contributed by atoms with Crippen LogP contribution in [0, 0.1) is 10.1 Å². The molecule has 0 aliphatic carbocycles. The Morgan fingerprint density at radius 2 is 1.69 bits per heavy atom. The average molecular weight is 432 g/mol. The predicted octanol–water partition coefficient (Wildman–Crippen LogP) is 4.70. The molecule has 7 nitrogen and oxygen atoms in total. The summed E-state index contributed by atoms with van der Waals surface area (Å²) in [6.07, 6.45) is 0. The van der Waals surface area contributed by atoms with E-state index in [1.165, 1.54) is 7.11 Å². The third kappa shape index (κ3) is 3.36. The zero-order valence-corrected chi connectivity index (χ0v) is 18.1. The van der Waals surface area contributed by atoms with Gasteiger partial charge < -0.3 is 9.47 Å². The summed E-state index contributed by atoms with van der Waals surface area (Å²) in [5.74, 6) is 0.0378. The van der Waals surface area contributed by atoms with Crippen molar-refractivity contribution in [2.24, 2.45) is 0 Å². The highest BCUT2D eigenvalue weighted by atomic mass is 16.6. The van der Waals surface area contributed by atoms with Crippen LogP contribution in [0.4, 0.5) is 11.4 Å². The van der Waals surface area contributed by atoms with Gasteiger partial charge in [-0.1, -0.05) is 42.5 Å². The van der Waals surface area contributed by atoms with Gasteiger partial charge in [0.25, 0.3) is 0 Å². The van der Waals surface area contributed by atoms with Gasteiger partial charge in [-0.25, -0.2) is 0 Å². The molecule has 0 bridgehead atoms. The number of carbonyl (C=O) groups excluding carboxylic acids is 1. The van der Waals surface area contributed by atoms with Gasteiger partial charge in [0.1, 0.15) is 11.5 Å². The van der Waals surface area contributed by atoms with Gasteiger partial charge in [0.15, 0.2) is 0 Å². The van der Waals surface area contributed by atoms with Crippen molar-refractivity contribution in [3.05, 3.63) is 94.0 Å². The minimum absolute atomic E-state index is 0.213. The molecule has 1 aliphatic heterocycles. The maximum absolute atomic E-state index is 14.0. The molecule has 0 saturated heterocycles. The number of carbonyl (C=O) groups is 1. The fourth-order valence-corrected chi connectivity index (χ4v) is 4.58. The van der Waals surface area contributed by atoms with Crippen molar-refractivity contribution < 1.29 is 19.2 Å². The number of hydrogen-bond acceptors (Lipinski definition) is 5. The van der Waals surface area contributed by atoms with E-state index in [2.05, 4.69) is 0 Å². The van der Waals surface area contributed by atoms with Gasteiger partial charge in [-0.3, -0.25) is 19.8 Å². The maximum Gasteiger partial charge on any atom is 0.242 e. The monoisotopic (exact) mass is 432 g/mol. The van der Waals surface area contributed by atoms with Crippen molar-refractivity contribution >= 4 is 17.3 Å². The van der Waals surface area contributed by atoms with Gasteiger partial charge in [-0.05, 0) is 36.8 Å². The minimum atomic E-state index is -1.18. The highest BCUT2D eigenvalue weighted by Gasteiger charge is 2.55. The first kappa shape index (κ1) is 21.4. The molecule has 7 heteroatoms. The Bertz CT molecular complexity index is 1160. The van der Waals surface area contributed by atoms with Crippen molar-refractivity contribution in [2.75, 3.05) is 25.7 Å². The van der Waals surface area contributed by atoms with Crippen molar-refractivity contribution in [1.82, 2.24) is 0 Å². The van der Waals surface area contributed by atoms with Gasteiger partial charge in [0, 0.05) is 22.2 Å². The molecule has 0 radical (unpaired) electrons. The molecule has 0 fully saturated rings. The van der Waals surface area contributed by atoms with Crippen LogP contribution < -0.4 is 14.4 Å². The molecule has 3 aromatic rings. The lowest BCUT2D eigenvalue weighted by Crippen LogP contribution is -2.43. The van der Waals surface area contributed by atoms with Crippen molar-refractivity contribution in [2.45, 2.75) is 18.3 Å². The Morgan fingerprint density at radius 3 is 2.34 bits per heavy atom. The SMILES string of the molecule is COc1ccc([C@@H](C[N+](=O)[O-])[C@]2(C)C(=O)N(c3ccccc3)c3ccccc32)c(OC)c1. The fourth-order valence-electron chi connectivity index (χ4n) is 4.58. The summed E-state index contributed by atoms with van der Waals surface area (Å²) < 4.78 is 10.8. The second-order valence-electron chi connectivity index (χ2n) is 7.87.